The molecule has 1 atom stereocenters. The molecule has 0 bridgehead atoms. The zero-order chi connectivity index (χ0) is 12.0. The average molecular weight is 222 g/mol. The van der Waals surface area contributed by atoms with Gasteiger partial charge in [-0.05, 0) is 25.0 Å². The molecule has 0 spiro atoms. The van der Waals surface area contributed by atoms with Crippen LogP contribution in [-0.2, 0) is 0 Å². The van der Waals surface area contributed by atoms with Gasteiger partial charge in [-0.2, -0.15) is 0 Å². The van der Waals surface area contributed by atoms with E-state index in [0.29, 0.717) is 6.54 Å². The number of anilines is 1. The van der Waals surface area contributed by atoms with E-state index in [2.05, 4.69) is 30.9 Å². The van der Waals surface area contributed by atoms with Crippen LogP contribution in [0.2, 0.25) is 0 Å². The zero-order valence-electron chi connectivity index (χ0n) is 10.2. The molecule has 3 nitrogen and oxygen atoms in total. The largest absolute Gasteiger partial charge is 0.395 e. The van der Waals surface area contributed by atoms with Gasteiger partial charge in [0.2, 0.25) is 0 Å². The van der Waals surface area contributed by atoms with Crippen LogP contribution in [0.1, 0.15) is 31.9 Å². The summed E-state index contributed by atoms with van der Waals surface area (Å²) in [6.07, 6.45) is 0.924. The number of likely N-dealkylation sites (N-methyl/N-ethyl adjacent to an activating group) is 1. The first-order valence-corrected chi connectivity index (χ1v) is 5.94. The van der Waals surface area contributed by atoms with Gasteiger partial charge < -0.3 is 15.7 Å². The molecular weight excluding hydrogens is 200 g/mol. The van der Waals surface area contributed by atoms with Crippen LogP contribution >= 0.6 is 0 Å². The number of aliphatic hydroxyl groups excluding tert-OH is 1. The minimum absolute atomic E-state index is 0.0731. The van der Waals surface area contributed by atoms with Crippen molar-refractivity contribution >= 4 is 5.69 Å². The molecule has 90 valence electrons. The number of hydrogen-bond donors (Lipinski definition) is 2. The van der Waals surface area contributed by atoms with Crippen molar-refractivity contribution in [1.82, 2.24) is 0 Å². The van der Waals surface area contributed by atoms with E-state index < -0.39 is 0 Å². The summed E-state index contributed by atoms with van der Waals surface area (Å²) in [7, 11) is 0. The summed E-state index contributed by atoms with van der Waals surface area (Å²) >= 11 is 0. The summed E-state index contributed by atoms with van der Waals surface area (Å²) in [6, 6.07) is 8.25. The van der Waals surface area contributed by atoms with Gasteiger partial charge in [-0.15, -0.1) is 0 Å². The number of aliphatic hydroxyl groups is 1. The lowest BCUT2D eigenvalue weighted by molar-refractivity contribution is 0.302. The highest BCUT2D eigenvalue weighted by Crippen LogP contribution is 2.26. The van der Waals surface area contributed by atoms with Crippen LogP contribution in [0.15, 0.2) is 24.3 Å². The first-order chi connectivity index (χ1) is 7.74. The lowest BCUT2D eigenvalue weighted by Crippen LogP contribution is -2.28. The molecule has 0 unspecified atom stereocenters. The third-order valence-corrected chi connectivity index (χ3v) is 2.87. The van der Waals surface area contributed by atoms with Gasteiger partial charge in [-0.3, -0.25) is 0 Å². The van der Waals surface area contributed by atoms with Gasteiger partial charge in [0, 0.05) is 24.8 Å². The zero-order valence-corrected chi connectivity index (χ0v) is 10.2. The average Bonchev–Trinajstić information content (AvgIpc) is 2.35. The lowest BCUT2D eigenvalue weighted by Gasteiger charge is -2.26. The predicted octanol–water partition coefficient (Wildman–Crippen LogP) is 1.92. The number of nitrogens with zero attached hydrogens (tertiary/aromatic N) is 1. The second-order valence-electron chi connectivity index (χ2n) is 3.88. The number of rotatable bonds is 6. The Kier molecular flexibility index (Phi) is 5.29. The molecular formula is C13H22N2O. The fourth-order valence-corrected chi connectivity index (χ4v) is 1.88. The Morgan fingerprint density at radius 2 is 2.00 bits per heavy atom. The Morgan fingerprint density at radius 1 is 1.31 bits per heavy atom. The maximum absolute atomic E-state index is 9.04. The smallest absolute Gasteiger partial charge is 0.0606 e. The van der Waals surface area contributed by atoms with Crippen molar-refractivity contribution in [3.05, 3.63) is 29.8 Å². The molecule has 1 aromatic rings. The summed E-state index contributed by atoms with van der Waals surface area (Å²) in [5.74, 6) is 0. The SMILES string of the molecule is CC[C@H](N)c1ccccc1N(CC)CCO. The topological polar surface area (TPSA) is 49.5 Å². The number of hydrogen-bond acceptors (Lipinski definition) is 3. The minimum atomic E-state index is 0.0731. The molecule has 16 heavy (non-hydrogen) atoms. The van der Waals surface area contributed by atoms with Crippen LogP contribution in [0, 0.1) is 0 Å². The first-order valence-electron chi connectivity index (χ1n) is 5.94. The number of para-hydroxylation sites is 1. The molecule has 1 aromatic carbocycles. The minimum Gasteiger partial charge on any atom is -0.395 e. The number of benzene rings is 1. The Labute approximate surface area is 97.9 Å². The van der Waals surface area contributed by atoms with Crippen molar-refractivity contribution in [3.63, 3.8) is 0 Å². The maximum atomic E-state index is 9.04. The van der Waals surface area contributed by atoms with E-state index >= 15 is 0 Å². The molecule has 0 fully saturated rings. The number of nitrogens with two attached hydrogens (primary N) is 1. The van der Waals surface area contributed by atoms with Gasteiger partial charge in [-0.25, -0.2) is 0 Å². The van der Waals surface area contributed by atoms with Gasteiger partial charge in [0.25, 0.3) is 0 Å². The van der Waals surface area contributed by atoms with E-state index in [4.69, 9.17) is 10.8 Å². The normalized spacial score (nSPS) is 12.5. The van der Waals surface area contributed by atoms with Crippen LogP contribution in [0.3, 0.4) is 0 Å². The van der Waals surface area contributed by atoms with Gasteiger partial charge in [0.1, 0.15) is 0 Å². The second kappa shape index (κ2) is 6.51. The Balaban J connectivity index is 3.00. The molecule has 1 rings (SSSR count). The predicted molar refractivity (Wildman–Crippen MR) is 68.6 cm³/mol. The van der Waals surface area contributed by atoms with Crippen molar-refractivity contribution in [2.45, 2.75) is 26.3 Å². The summed E-state index contributed by atoms with van der Waals surface area (Å²) < 4.78 is 0. The molecule has 0 saturated carbocycles. The molecule has 0 saturated heterocycles. The van der Waals surface area contributed by atoms with Crippen molar-refractivity contribution in [3.8, 4) is 0 Å². The summed E-state index contributed by atoms with van der Waals surface area (Å²) in [5, 5.41) is 9.04. The maximum Gasteiger partial charge on any atom is 0.0606 e. The fourth-order valence-electron chi connectivity index (χ4n) is 1.88. The molecule has 0 aliphatic heterocycles. The molecule has 3 heteroatoms. The monoisotopic (exact) mass is 222 g/mol. The van der Waals surface area contributed by atoms with E-state index in [1.807, 2.05) is 12.1 Å². The van der Waals surface area contributed by atoms with Gasteiger partial charge in [-0.1, -0.05) is 25.1 Å². The molecule has 0 heterocycles. The van der Waals surface area contributed by atoms with Gasteiger partial charge in [0.15, 0.2) is 0 Å². The standard InChI is InChI=1S/C13H22N2O/c1-3-12(14)11-7-5-6-8-13(11)15(4-2)9-10-16/h5-8,12,16H,3-4,9-10,14H2,1-2H3/t12-/m0/s1. The van der Waals surface area contributed by atoms with Crippen LogP contribution in [0.4, 0.5) is 5.69 Å². The third kappa shape index (κ3) is 2.97. The first kappa shape index (κ1) is 13.0. The summed E-state index contributed by atoms with van der Waals surface area (Å²) in [4.78, 5) is 2.16. The van der Waals surface area contributed by atoms with E-state index in [1.54, 1.807) is 0 Å². The van der Waals surface area contributed by atoms with E-state index in [-0.39, 0.29) is 12.6 Å². The Bertz CT molecular complexity index is 315. The van der Waals surface area contributed by atoms with E-state index in [0.717, 1.165) is 18.7 Å². The van der Waals surface area contributed by atoms with Crippen LogP contribution in [0.25, 0.3) is 0 Å². The van der Waals surface area contributed by atoms with Crippen molar-refractivity contribution in [2.24, 2.45) is 5.73 Å². The second-order valence-corrected chi connectivity index (χ2v) is 3.88. The highest BCUT2D eigenvalue weighted by molar-refractivity contribution is 5.54. The van der Waals surface area contributed by atoms with Gasteiger partial charge >= 0.3 is 0 Å². The quantitative estimate of drug-likeness (QED) is 0.773. The molecule has 0 aromatic heterocycles. The Hall–Kier alpha value is -1.06. The van der Waals surface area contributed by atoms with E-state index in [1.165, 1.54) is 5.56 Å². The van der Waals surface area contributed by atoms with Crippen LogP contribution < -0.4 is 10.6 Å². The lowest BCUT2D eigenvalue weighted by atomic mass is 10.0. The van der Waals surface area contributed by atoms with Gasteiger partial charge in [0.05, 0.1) is 6.61 Å². The molecule has 0 aliphatic rings. The highest BCUT2D eigenvalue weighted by atomic mass is 16.3. The molecule has 3 N–H and O–H groups in total. The summed E-state index contributed by atoms with van der Waals surface area (Å²) in [6.45, 7) is 5.88. The Morgan fingerprint density at radius 3 is 2.56 bits per heavy atom. The highest BCUT2D eigenvalue weighted by Gasteiger charge is 2.12. The van der Waals surface area contributed by atoms with Crippen molar-refractivity contribution < 1.29 is 5.11 Å². The molecule has 0 amide bonds. The van der Waals surface area contributed by atoms with Crippen LogP contribution in [-0.4, -0.2) is 24.8 Å². The fraction of sp³-hybridized carbons (Fsp3) is 0.538. The summed E-state index contributed by atoms with van der Waals surface area (Å²) in [5.41, 5.74) is 8.41. The van der Waals surface area contributed by atoms with E-state index in [9.17, 15) is 0 Å². The van der Waals surface area contributed by atoms with Crippen molar-refractivity contribution in [1.29, 1.82) is 0 Å². The molecule has 0 aliphatic carbocycles. The molecule has 0 radical (unpaired) electrons. The van der Waals surface area contributed by atoms with Crippen LogP contribution in [0.5, 0.6) is 0 Å². The third-order valence-electron chi connectivity index (χ3n) is 2.87. The van der Waals surface area contributed by atoms with Crippen molar-refractivity contribution in [2.75, 3.05) is 24.6 Å².